The molecular formula is C20H20FN5. The molecule has 0 bridgehead atoms. The first kappa shape index (κ1) is 17.7. The lowest BCUT2D eigenvalue weighted by atomic mass is 10.0. The summed E-state index contributed by atoms with van der Waals surface area (Å²) in [6.45, 7) is 6.14. The topological polar surface area (TPSA) is 78.6 Å². The van der Waals surface area contributed by atoms with Gasteiger partial charge in [-0.05, 0) is 62.2 Å². The van der Waals surface area contributed by atoms with Gasteiger partial charge in [-0.3, -0.25) is 14.5 Å². The largest absolute Gasteiger partial charge is 0.344 e. The number of halogens is 1. The van der Waals surface area contributed by atoms with Gasteiger partial charge in [-0.2, -0.15) is 0 Å². The van der Waals surface area contributed by atoms with Crippen molar-refractivity contribution in [2.75, 3.05) is 0 Å². The molecule has 3 heterocycles. The van der Waals surface area contributed by atoms with E-state index in [1.165, 1.54) is 12.1 Å². The molecule has 0 radical (unpaired) electrons. The molecule has 26 heavy (non-hydrogen) atoms. The van der Waals surface area contributed by atoms with Crippen LogP contribution in [0.25, 0.3) is 28.1 Å². The molecule has 0 spiro atoms. The Labute approximate surface area is 151 Å². The van der Waals surface area contributed by atoms with Gasteiger partial charge in [0.2, 0.25) is 0 Å². The maximum Gasteiger partial charge on any atom is 0.147 e. The molecule has 132 valence electrons. The molecule has 0 amide bonds. The van der Waals surface area contributed by atoms with Crippen LogP contribution in [0.15, 0.2) is 48.9 Å². The molecule has 0 aliphatic carbocycles. The third-order valence-electron chi connectivity index (χ3n) is 4.68. The Morgan fingerprint density at radius 1 is 0.923 bits per heavy atom. The number of hydrogen-bond donors (Lipinski definition) is 1. The zero-order chi connectivity index (χ0) is 17.6. The number of fused-ring (bicyclic) bond motifs is 1. The van der Waals surface area contributed by atoms with E-state index in [-0.39, 0.29) is 12.0 Å². The first-order chi connectivity index (χ1) is 12.1. The SMILES string of the molecule is Cc1ncc(-c2nc3ccncc3n2-c2ccc(F)cc2)c(C)c1C.N. The molecule has 4 rings (SSSR count). The molecule has 3 N–H and O–H groups in total. The van der Waals surface area contributed by atoms with Crippen LogP contribution in [0.5, 0.6) is 0 Å². The molecule has 6 heteroatoms. The minimum Gasteiger partial charge on any atom is -0.344 e. The van der Waals surface area contributed by atoms with Crippen LogP contribution in [0.4, 0.5) is 4.39 Å². The number of benzene rings is 1. The van der Waals surface area contributed by atoms with Crippen molar-refractivity contribution in [2.45, 2.75) is 20.8 Å². The van der Waals surface area contributed by atoms with Crippen molar-refractivity contribution in [3.05, 3.63) is 71.6 Å². The van der Waals surface area contributed by atoms with Gasteiger partial charge in [0.25, 0.3) is 0 Å². The highest BCUT2D eigenvalue weighted by Gasteiger charge is 2.17. The number of rotatable bonds is 2. The average Bonchev–Trinajstić information content (AvgIpc) is 3.00. The van der Waals surface area contributed by atoms with E-state index in [1.54, 1.807) is 24.5 Å². The Morgan fingerprint density at radius 2 is 1.65 bits per heavy atom. The van der Waals surface area contributed by atoms with Crippen molar-refractivity contribution in [2.24, 2.45) is 0 Å². The van der Waals surface area contributed by atoms with Crippen LogP contribution in [0.2, 0.25) is 0 Å². The van der Waals surface area contributed by atoms with E-state index >= 15 is 0 Å². The summed E-state index contributed by atoms with van der Waals surface area (Å²) < 4.78 is 15.4. The third-order valence-corrected chi connectivity index (χ3v) is 4.68. The first-order valence-corrected chi connectivity index (χ1v) is 8.08. The van der Waals surface area contributed by atoms with Crippen molar-refractivity contribution >= 4 is 11.0 Å². The average molecular weight is 349 g/mol. The van der Waals surface area contributed by atoms with Crippen LogP contribution < -0.4 is 6.15 Å². The van der Waals surface area contributed by atoms with Crippen LogP contribution >= 0.6 is 0 Å². The van der Waals surface area contributed by atoms with Gasteiger partial charge in [-0.15, -0.1) is 0 Å². The van der Waals surface area contributed by atoms with Crippen molar-refractivity contribution in [3.8, 4) is 17.1 Å². The van der Waals surface area contributed by atoms with Gasteiger partial charge in [0.05, 0.1) is 17.2 Å². The molecule has 5 nitrogen and oxygen atoms in total. The summed E-state index contributed by atoms with van der Waals surface area (Å²) in [7, 11) is 0. The molecular weight excluding hydrogens is 329 g/mol. The standard InChI is InChI=1S/C20H17FN4.H3N/c1-12-13(2)17(10-23-14(12)3)20-24-18-8-9-22-11-19(18)25(20)16-6-4-15(21)5-7-16;/h4-11H,1-3H3;1H3. The van der Waals surface area contributed by atoms with Crippen molar-refractivity contribution in [1.29, 1.82) is 0 Å². The lowest BCUT2D eigenvalue weighted by Gasteiger charge is -2.13. The van der Waals surface area contributed by atoms with Crippen LogP contribution in [0, 0.1) is 26.6 Å². The minimum absolute atomic E-state index is 0. The fourth-order valence-corrected chi connectivity index (χ4v) is 3.01. The van der Waals surface area contributed by atoms with Gasteiger partial charge in [-0.1, -0.05) is 0 Å². The minimum atomic E-state index is -0.267. The highest BCUT2D eigenvalue weighted by atomic mass is 19.1. The predicted molar refractivity (Wildman–Crippen MR) is 101 cm³/mol. The number of aryl methyl sites for hydroxylation is 1. The van der Waals surface area contributed by atoms with Crippen molar-refractivity contribution < 1.29 is 4.39 Å². The van der Waals surface area contributed by atoms with Gasteiger partial charge < -0.3 is 6.15 Å². The van der Waals surface area contributed by atoms with Crippen molar-refractivity contribution in [3.63, 3.8) is 0 Å². The summed E-state index contributed by atoms with van der Waals surface area (Å²) in [6.07, 6.45) is 5.35. The number of pyridine rings is 2. The lowest BCUT2D eigenvalue weighted by Crippen LogP contribution is -2.01. The van der Waals surface area contributed by atoms with Gasteiger partial charge >= 0.3 is 0 Å². The summed E-state index contributed by atoms with van der Waals surface area (Å²) in [6, 6.07) is 8.27. The van der Waals surface area contributed by atoms with E-state index in [0.717, 1.165) is 44.9 Å². The summed E-state index contributed by atoms with van der Waals surface area (Å²) in [5.41, 5.74) is 6.81. The van der Waals surface area contributed by atoms with E-state index in [2.05, 4.69) is 23.8 Å². The maximum absolute atomic E-state index is 13.4. The van der Waals surface area contributed by atoms with E-state index in [1.807, 2.05) is 23.8 Å². The van der Waals surface area contributed by atoms with Crippen LogP contribution in [0.1, 0.15) is 16.8 Å². The molecule has 1 aromatic carbocycles. The maximum atomic E-state index is 13.4. The van der Waals surface area contributed by atoms with Gasteiger partial charge in [0.15, 0.2) is 0 Å². The van der Waals surface area contributed by atoms with Gasteiger partial charge in [0.1, 0.15) is 11.6 Å². The smallest absolute Gasteiger partial charge is 0.147 e. The zero-order valence-corrected chi connectivity index (χ0v) is 15.0. The summed E-state index contributed by atoms with van der Waals surface area (Å²) in [4.78, 5) is 13.5. The normalized spacial score (nSPS) is 10.8. The van der Waals surface area contributed by atoms with E-state index in [4.69, 9.17) is 4.98 Å². The first-order valence-electron chi connectivity index (χ1n) is 8.08. The summed E-state index contributed by atoms with van der Waals surface area (Å²) in [5, 5.41) is 0. The zero-order valence-electron chi connectivity index (χ0n) is 15.0. The fourth-order valence-electron chi connectivity index (χ4n) is 3.01. The number of aromatic nitrogens is 4. The molecule has 0 aliphatic rings. The highest BCUT2D eigenvalue weighted by molar-refractivity contribution is 5.83. The molecule has 4 aromatic rings. The number of nitrogens with zero attached hydrogens (tertiary/aromatic N) is 4. The number of imidazole rings is 1. The highest BCUT2D eigenvalue weighted by Crippen LogP contribution is 2.31. The Hall–Kier alpha value is -3.12. The summed E-state index contributed by atoms with van der Waals surface area (Å²) in [5.74, 6) is 0.514. The van der Waals surface area contributed by atoms with E-state index in [0.29, 0.717) is 0 Å². The molecule has 0 unspecified atom stereocenters. The monoisotopic (exact) mass is 349 g/mol. The fraction of sp³-hybridized carbons (Fsp3) is 0.150. The molecule has 0 aliphatic heterocycles. The van der Waals surface area contributed by atoms with E-state index < -0.39 is 0 Å². The Morgan fingerprint density at radius 3 is 2.38 bits per heavy atom. The molecule has 3 aromatic heterocycles. The second-order valence-electron chi connectivity index (χ2n) is 6.12. The Bertz CT molecular complexity index is 1080. The second-order valence-corrected chi connectivity index (χ2v) is 6.12. The number of hydrogen-bond acceptors (Lipinski definition) is 4. The van der Waals surface area contributed by atoms with E-state index in [9.17, 15) is 4.39 Å². The Balaban J connectivity index is 0.00000196. The quantitative estimate of drug-likeness (QED) is 0.568. The predicted octanol–water partition coefficient (Wildman–Crippen LogP) is 4.71. The van der Waals surface area contributed by atoms with Crippen LogP contribution in [-0.2, 0) is 0 Å². The molecule has 0 saturated carbocycles. The molecule has 0 atom stereocenters. The molecule has 0 fully saturated rings. The second kappa shape index (κ2) is 6.65. The third kappa shape index (κ3) is 2.74. The molecule has 0 saturated heterocycles. The Kier molecular flexibility index (Phi) is 4.52. The van der Waals surface area contributed by atoms with Crippen LogP contribution in [0.3, 0.4) is 0 Å². The summed E-state index contributed by atoms with van der Waals surface area (Å²) >= 11 is 0. The van der Waals surface area contributed by atoms with Crippen LogP contribution in [-0.4, -0.2) is 19.5 Å². The van der Waals surface area contributed by atoms with Crippen molar-refractivity contribution in [1.82, 2.24) is 25.7 Å². The lowest BCUT2D eigenvalue weighted by molar-refractivity contribution is 0.627. The van der Waals surface area contributed by atoms with Gasteiger partial charge in [-0.25, -0.2) is 9.37 Å². The van der Waals surface area contributed by atoms with Gasteiger partial charge in [0, 0.05) is 29.3 Å².